The van der Waals surface area contributed by atoms with E-state index in [0.717, 1.165) is 42.1 Å². The number of benzene rings is 1. The quantitative estimate of drug-likeness (QED) is 0.911. The van der Waals surface area contributed by atoms with Gasteiger partial charge in [0.15, 0.2) is 0 Å². The fourth-order valence-electron chi connectivity index (χ4n) is 3.13. The van der Waals surface area contributed by atoms with E-state index in [-0.39, 0.29) is 17.6 Å². The summed E-state index contributed by atoms with van der Waals surface area (Å²) in [4.78, 5) is 14.3. The minimum absolute atomic E-state index is 0.0440. The molecule has 1 fully saturated rings. The van der Waals surface area contributed by atoms with Gasteiger partial charge in [-0.2, -0.15) is 5.10 Å². The van der Waals surface area contributed by atoms with Crippen molar-refractivity contribution in [2.45, 2.75) is 26.2 Å². The minimum Gasteiger partial charge on any atom is -0.322 e. The number of hydrogen-bond donors (Lipinski definition) is 2. The Morgan fingerprint density at radius 1 is 1.48 bits per heavy atom. The smallest absolute Gasteiger partial charge is 0.238 e. The molecule has 23 heavy (non-hydrogen) atoms. The van der Waals surface area contributed by atoms with Gasteiger partial charge in [0.05, 0.1) is 23.6 Å². The number of anilines is 1. The Balaban J connectivity index is 1.56. The maximum absolute atomic E-state index is 13.3. The van der Waals surface area contributed by atoms with Gasteiger partial charge < -0.3 is 5.32 Å². The van der Waals surface area contributed by atoms with Crippen LogP contribution in [0, 0.1) is 19.7 Å². The molecule has 2 N–H and O–H groups in total. The van der Waals surface area contributed by atoms with E-state index in [1.54, 1.807) is 12.1 Å². The third-order valence-electron chi connectivity index (χ3n) is 4.35. The number of rotatable bonds is 4. The first-order valence-corrected chi connectivity index (χ1v) is 7.82. The van der Waals surface area contributed by atoms with Gasteiger partial charge in [0.1, 0.15) is 5.82 Å². The van der Waals surface area contributed by atoms with Gasteiger partial charge in [-0.1, -0.05) is 12.1 Å². The van der Waals surface area contributed by atoms with Gasteiger partial charge in [-0.3, -0.25) is 14.8 Å². The molecule has 1 amide bonds. The maximum Gasteiger partial charge on any atom is 0.238 e. The van der Waals surface area contributed by atoms with E-state index < -0.39 is 0 Å². The third kappa shape index (κ3) is 3.59. The van der Waals surface area contributed by atoms with Crippen LogP contribution in [-0.2, 0) is 4.79 Å². The first kappa shape index (κ1) is 15.7. The number of H-pyrrole nitrogens is 1. The number of nitrogens with zero attached hydrogens (tertiary/aromatic N) is 2. The number of likely N-dealkylation sites (tertiary alicyclic amines) is 1. The highest BCUT2D eigenvalue weighted by molar-refractivity contribution is 5.93. The van der Waals surface area contributed by atoms with Crippen LogP contribution in [0.5, 0.6) is 0 Å². The molecule has 3 rings (SSSR count). The van der Waals surface area contributed by atoms with Gasteiger partial charge in [-0.25, -0.2) is 4.39 Å². The molecule has 1 aromatic heterocycles. The SMILES string of the molecule is Cc1n[nH]c(C)c1NC(=O)CN1CC[C@@H](c2cccc(F)c2)C1. The van der Waals surface area contributed by atoms with Crippen LogP contribution in [0.25, 0.3) is 0 Å². The van der Waals surface area contributed by atoms with Gasteiger partial charge in [-0.15, -0.1) is 0 Å². The molecule has 2 aromatic rings. The van der Waals surface area contributed by atoms with Gasteiger partial charge in [-0.05, 0) is 50.4 Å². The number of aromatic amines is 1. The van der Waals surface area contributed by atoms with Crippen molar-refractivity contribution in [2.75, 3.05) is 25.0 Å². The molecule has 1 aromatic carbocycles. The van der Waals surface area contributed by atoms with Crippen molar-refractivity contribution >= 4 is 11.6 Å². The molecule has 1 aliphatic rings. The van der Waals surface area contributed by atoms with Gasteiger partial charge in [0.2, 0.25) is 5.91 Å². The van der Waals surface area contributed by atoms with Crippen molar-refractivity contribution in [3.05, 3.63) is 47.0 Å². The van der Waals surface area contributed by atoms with Crippen molar-refractivity contribution in [1.82, 2.24) is 15.1 Å². The van der Waals surface area contributed by atoms with Crippen LogP contribution in [0.15, 0.2) is 24.3 Å². The summed E-state index contributed by atoms with van der Waals surface area (Å²) in [7, 11) is 0. The predicted octanol–water partition coefficient (Wildman–Crippen LogP) is 2.59. The van der Waals surface area contributed by atoms with E-state index in [0.29, 0.717) is 6.54 Å². The Morgan fingerprint density at radius 2 is 2.30 bits per heavy atom. The largest absolute Gasteiger partial charge is 0.322 e. The summed E-state index contributed by atoms with van der Waals surface area (Å²) in [5, 5.41) is 9.84. The standard InChI is InChI=1S/C17H21FN4O/c1-11-17(12(2)21-20-11)19-16(23)10-22-7-6-14(9-22)13-4-3-5-15(18)8-13/h3-5,8,14H,6-7,9-10H2,1-2H3,(H,19,23)(H,20,21)/t14-/m1/s1. The number of amides is 1. The van der Waals surface area contributed by atoms with Gasteiger partial charge >= 0.3 is 0 Å². The van der Waals surface area contributed by atoms with Crippen molar-refractivity contribution in [3.63, 3.8) is 0 Å². The molecular weight excluding hydrogens is 295 g/mol. The Labute approximate surface area is 134 Å². The number of aromatic nitrogens is 2. The molecule has 0 saturated carbocycles. The second kappa shape index (κ2) is 6.50. The molecule has 2 heterocycles. The van der Waals surface area contributed by atoms with E-state index in [4.69, 9.17) is 0 Å². The average Bonchev–Trinajstić information content (AvgIpc) is 3.09. The second-order valence-electron chi connectivity index (χ2n) is 6.13. The van der Waals surface area contributed by atoms with Crippen molar-refractivity contribution in [2.24, 2.45) is 0 Å². The summed E-state index contributed by atoms with van der Waals surface area (Å²) < 4.78 is 13.3. The second-order valence-corrected chi connectivity index (χ2v) is 6.13. The summed E-state index contributed by atoms with van der Waals surface area (Å²) in [6, 6.07) is 6.74. The number of carbonyl (C=O) groups is 1. The van der Waals surface area contributed by atoms with Crippen molar-refractivity contribution in [1.29, 1.82) is 0 Å². The normalized spacial score (nSPS) is 18.3. The highest BCUT2D eigenvalue weighted by Crippen LogP contribution is 2.27. The molecule has 122 valence electrons. The van der Waals surface area contributed by atoms with Crippen LogP contribution in [0.2, 0.25) is 0 Å². The summed E-state index contributed by atoms with van der Waals surface area (Å²) in [6.07, 6.45) is 0.945. The van der Waals surface area contributed by atoms with Crippen LogP contribution in [0.3, 0.4) is 0 Å². The predicted molar refractivity (Wildman–Crippen MR) is 86.9 cm³/mol. The molecule has 0 aliphatic carbocycles. The maximum atomic E-state index is 13.3. The minimum atomic E-state index is -0.204. The summed E-state index contributed by atoms with van der Waals surface area (Å²) in [5.41, 5.74) is 3.41. The summed E-state index contributed by atoms with van der Waals surface area (Å²) in [6.45, 7) is 5.70. The van der Waals surface area contributed by atoms with Crippen molar-refractivity contribution in [3.8, 4) is 0 Å². The van der Waals surface area contributed by atoms with E-state index in [1.807, 2.05) is 19.9 Å². The molecule has 0 radical (unpaired) electrons. The first-order valence-electron chi connectivity index (χ1n) is 7.82. The summed E-state index contributed by atoms with van der Waals surface area (Å²) >= 11 is 0. The number of nitrogens with one attached hydrogen (secondary N) is 2. The van der Waals surface area contributed by atoms with E-state index >= 15 is 0 Å². The average molecular weight is 316 g/mol. The Morgan fingerprint density at radius 3 is 3.00 bits per heavy atom. The summed E-state index contributed by atoms with van der Waals surface area (Å²) in [5.74, 6) is 0.0398. The number of hydrogen-bond acceptors (Lipinski definition) is 3. The number of carbonyl (C=O) groups excluding carboxylic acids is 1. The lowest BCUT2D eigenvalue weighted by Crippen LogP contribution is -2.31. The van der Waals surface area contributed by atoms with Crippen LogP contribution in [0.1, 0.15) is 29.3 Å². The molecule has 5 nitrogen and oxygen atoms in total. The lowest BCUT2D eigenvalue weighted by Gasteiger charge is -2.16. The lowest BCUT2D eigenvalue weighted by atomic mass is 9.98. The molecule has 1 saturated heterocycles. The molecular formula is C17H21FN4O. The monoisotopic (exact) mass is 316 g/mol. The molecule has 0 spiro atoms. The third-order valence-corrected chi connectivity index (χ3v) is 4.35. The lowest BCUT2D eigenvalue weighted by molar-refractivity contribution is -0.117. The van der Waals surface area contributed by atoms with Gasteiger partial charge in [0.25, 0.3) is 0 Å². The van der Waals surface area contributed by atoms with Crippen LogP contribution < -0.4 is 5.32 Å². The molecule has 0 unspecified atom stereocenters. The fourth-order valence-corrected chi connectivity index (χ4v) is 3.13. The van der Waals surface area contributed by atoms with E-state index in [1.165, 1.54) is 6.07 Å². The van der Waals surface area contributed by atoms with Crippen LogP contribution in [0.4, 0.5) is 10.1 Å². The fraction of sp³-hybridized carbons (Fsp3) is 0.412. The zero-order valence-corrected chi connectivity index (χ0v) is 13.4. The molecule has 1 aliphatic heterocycles. The molecule has 6 heteroatoms. The Hall–Kier alpha value is -2.21. The number of halogens is 1. The van der Waals surface area contributed by atoms with Crippen molar-refractivity contribution < 1.29 is 9.18 Å². The zero-order valence-electron chi connectivity index (χ0n) is 13.4. The van der Waals surface area contributed by atoms with Gasteiger partial charge in [0, 0.05) is 6.54 Å². The zero-order chi connectivity index (χ0) is 16.4. The van der Waals surface area contributed by atoms with Crippen LogP contribution >= 0.6 is 0 Å². The molecule has 1 atom stereocenters. The Bertz CT molecular complexity index is 693. The number of aryl methyl sites for hydroxylation is 2. The Kier molecular flexibility index (Phi) is 4.43. The highest BCUT2D eigenvalue weighted by atomic mass is 19.1. The molecule has 0 bridgehead atoms. The van der Waals surface area contributed by atoms with E-state index in [9.17, 15) is 9.18 Å². The highest BCUT2D eigenvalue weighted by Gasteiger charge is 2.25. The topological polar surface area (TPSA) is 61.0 Å². The van der Waals surface area contributed by atoms with E-state index in [2.05, 4.69) is 20.4 Å². The first-order chi connectivity index (χ1) is 11.0. The van der Waals surface area contributed by atoms with Crippen LogP contribution in [-0.4, -0.2) is 40.6 Å².